The normalized spacial score (nSPS) is 16.9. The van der Waals surface area contributed by atoms with Gasteiger partial charge in [0.2, 0.25) is 11.8 Å². The van der Waals surface area contributed by atoms with Crippen LogP contribution in [0.3, 0.4) is 0 Å². The van der Waals surface area contributed by atoms with Gasteiger partial charge in [-0.3, -0.25) is 9.59 Å². The smallest absolute Gasteiger partial charge is 0.227 e. The molecule has 4 rings (SSSR count). The van der Waals surface area contributed by atoms with E-state index in [4.69, 9.17) is 0 Å². The number of fused-ring (bicyclic) bond motifs is 1. The Morgan fingerprint density at radius 2 is 1.89 bits per heavy atom. The van der Waals surface area contributed by atoms with Crippen molar-refractivity contribution in [3.05, 3.63) is 66.4 Å². The van der Waals surface area contributed by atoms with Crippen LogP contribution in [0.1, 0.15) is 12.0 Å². The van der Waals surface area contributed by atoms with Gasteiger partial charge in [0.25, 0.3) is 0 Å². The Bertz CT molecular complexity index is 975. The predicted octanol–water partition coefficient (Wildman–Crippen LogP) is 3.12. The molecule has 1 saturated heterocycles. The number of anilines is 1. The van der Waals surface area contributed by atoms with E-state index >= 15 is 0 Å². The highest BCUT2D eigenvalue weighted by molar-refractivity contribution is 6.00. The van der Waals surface area contributed by atoms with Gasteiger partial charge in [-0.15, -0.1) is 0 Å². The van der Waals surface area contributed by atoms with Crippen molar-refractivity contribution in [2.24, 2.45) is 5.92 Å². The van der Waals surface area contributed by atoms with Gasteiger partial charge in [-0.25, -0.2) is 0 Å². The molecule has 1 N–H and O–H groups in total. The maximum atomic E-state index is 12.5. The molecule has 0 aliphatic carbocycles. The number of nitrogens with one attached hydrogen (secondary N) is 1. The van der Waals surface area contributed by atoms with E-state index in [1.165, 1.54) is 5.39 Å². The fourth-order valence-corrected chi connectivity index (χ4v) is 3.64. The maximum absolute atomic E-state index is 12.5. The number of benzene rings is 2. The number of carbonyl (C=O) groups excluding carboxylic acids is 2. The van der Waals surface area contributed by atoms with Crippen LogP contribution in [0.15, 0.2) is 60.8 Å². The highest BCUT2D eigenvalue weighted by Crippen LogP contribution is 2.25. The molecular weight excluding hydrogens is 338 g/mol. The molecular formula is C22H23N3O2. The van der Waals surface area contributed by atoms with E-state index in [-0.39, 0.29) is 24.2 Å². The average Bonchev–Trinajstić information content (AvgIpc) is 3.26. The van der Waals surface area contributed by atoms with E-state index in [2.05, 4.69) is 28.1 Å². The van der Waals surface area contributed by atoms with Gasteiger partial charge in [0.1, 0.15) is 0 Å². The molecule has 0 spiro atoms. The van der Waals surface area contributed by atoms with Crippen molar-refractivity contribution in [2.45, 2.75) is 19.9 Å². The lowest BCUT2D eigenvalue weighted by molar-refractivity contribution is -0.126. The lowest BCUT2D eigenvalue weighted by Gasteiger charge is -2.17. The largest absolute Gasteiger partial charge is 0.354 e. The third-order valence-corrected chi connectivity index (χ3v) is 5.17. The summed E-state index contributed by atoms with van der Waals surface area (Å²) in [5, 5.41) is 4.18. The van der Waals surface area contributed by atoms with Crippen LogP contribution in [0.5, 0.6) is 0 Å². The second kappa shape index (κ2) is 7.27. The molecule has 138 valence electrons. The Morgan fingerprint density at radius 3 is 2.70 bits per heavy atom. The molecule has 2 amide bonds. The van der Waals surface area contributed by atoms with Gasteiger partial charge in [0.15, 0.2) is 0 Å². The fraction of sp³-hybridized carbons (Fsp3) is 0.273. The van der Waals surface area contributed by atoms with E-state index < -0.39 is 0 Å². The SMILES string of the molecule is Cc1ccc(N2CC(C(=O)NCCn3ccc4ccccc43)CC2=O)cc1. The second-order valence-corrected chi connectivity index (χ2v) is 7.10. The number of rotatable bonds is 5. The summed E-state index contributed by atoms with van der Waals surface area (Å²) in [4.78, 5) is 26.5. The number of para-hydroxylation sites is 1. The topological polar surface area (TPSA) is 54.3 Å². The summed E-state index contributed by atoms with van der Waals surface area (Å²) in [6, 6.07) is 18.1. The minimum absolute atomic E-state index is 0.00964. The third kappa shape index (κ3) is 3.58. The Hall–Kier alpha value is -3.08. The van der Waals surface area contributed by atoms with Crippen molar-refractivity contribution in [3.63, 3.8) is 0 Å². The molecule has 0 radical (unpaired) electrons. The number of aryl methyl sites for hydroxylation is 1. The lowest BCUT2D eigenvalue weighted by Crippen LogP contribution is -2.34. The molecule has 1 fully saturated rings. The summed E-state index contributed by atoms with van der Waals surface area (Å²) in [6.45, 7) is 3.72. The quantitative estimate of drug-likeness (QED) is 0.759. The Balaban J connectivity index is 1.33. The van der Waals surface area contributed by atoms with Gasteiger partial charge in [-0.05, 0) is 36.6 Å². The maximum Gasteiger partial charge on any atom is 0.227 e. The van der Waals surface area contributed by atoms with Crippen LogP contribution in [0, 0.1) is 12.8 Å². The van der Waals surface area contributed by atoms with Crippen LogP contribution < -0.4 is 10.2 Å². The van der Waals surface area contributed by atoms with Crippen molar-refractivity contribution in [2.75, 3.05) is 18.0 Å². The molecule has 0 bridgehead atoms. The molecule has 1 atom stereocenters. The van der Waals surface area contributed by atoms with Crippen molar-refractivity contribution >= 4 is 28.4 Å². The number of nitrogens with zero attached hydrogens (tertiary/aromatic N) is 2. The fourth-order valence-electron chi connectivity index (χ4n) is 3.64. The van der Waals surface area contributed by atoms with Gasteiger partial charge in [-0.1, -0.05) is 35.9 Å². The second-order valence-electron chi connectivity index (χ2n) is 7.10. The van der Waals surface area contributed by atoms with E-state index in [1.807, 2.05) is 49.5 Å². The molecule has 1 aromatic heterocycles. The van der Waals surface area contributed by atoms with Gasteiger partial charge in [-0.2, -0.15) is 0 Å². The van der Waals surface area contributed by atoms with Gasteiger partial charge < -0.3 is 14.8 Å². The highest BCUT2D eigenvalue weighted by atomic mass is 16.2. The summed E-state index contributed by atoms with van der Waals surface area (Å²) >= 11 is 0. The van der Waals surface area contributed by atoms with Crippen molar-refractivity contribution in [1.29, 1.82) is 0 Å². The van der Waals surface area contributed by atoms with Crippen LogP contribution in [0.2, 0.25) is 0 Å². The zero-order valence-electron chi connectivity index (χ0n) is 15.4. The number of amides is 2. The first-order valence-corrected chi connectivity index (χ1v) is 9.30. The molecule has 1 unspecified atom stereocenters. The van der Waals surface area contributed by atoms with E-state index in [9.17, 15) is 9.59 Å². The van der Waals surface area contributed by atoms with Crippen LogP contribution in [0.25, 0.3) is 10.9 Å². The first-order chi connectivity index (χ1) is 13.1. The summed E-state index contributed by atoms with van der Waals surface area (Å²) in [5.74, 6) is -0.329. The monoisotopic (exact) mass is 361 g/mol. The minimum Gasteiger partial charge on any atom is -0.354 e. The van der Waals surface area contributed by atoms with Crippen LogP contribution in [-0.4, -0.2) is 29.5 Å². The zero-order valence-corrected chi connectivity index (χ0v) is 15.4. The van der Waals surface area contributed by atoms with Gasteiger partial charge >= 0.3 is 0 Å². The summed E-state index contributed by atoms with van der Waals surface area (Å²) < 4.78 is 2.13. The molecule has 1 aliphatic heterocycles. The van der Waals surface area contributed by atoms with Crippen molar-refractivity contribution in [3.8, 4) is 0 Å². The zero-order chi connectivity index (χ0) is 18.8. The van der Waals surface area contributed by atoms with Crippen molar-refractivity contribution < 1.29 is 9.59 Å². The molecule has 5 nitrogen and oxygen atoms in total. The molecule has 2 aromatic carbocycles. The molecule has 3 aromatic rings. The molecule has 27 heavy (non-hydrogen) atoms. The van der Waals surface area contributed by atoms with E-state index in [0.717, 1.165) is 16.8 Å². The number of aromatic nitrogens is 1. The first-order valence-electron chi connectivity index (χ1n) is 9.30. The third-order valence-electron chi connectivity index (χ3n) is 5.17. The molecule has 1 aliphatic rings. The Kier molecular flexibility index (Phi) is 4.67. The van der Waals surface area contributed by atoms with Crippen LogP contribution in [0.4, 0.5) is 5.69 Å². The average molecular weight is 361 g/mol. The molecule has 0 saturated carbocycles. The molecule has 2 heterocycles. The van der Waals surface area contributed by atoms with Gasteiger partial charge in [0.05, 0.1) is 5.92 Å². The van der Waals surface area contributed by atoms with E-state index in [0.29, 0.717) is 19.6 Å². The highest BCUT2D eigenvalue weighted by Gasteiger charge is 2.34. The van der Waals surface area contributed by atoms with Gasteiger partial charge in [0, 0.05) is 43.5 Å². The standard InChI is InChI=1S/C22H23N3O2/c1-16-6-8-19(9-7-16)25-15-18(14-21(25)26)22(27)23-11-13-24-12-10-17-4-2-3-5-20(17)24/h2-10,12,18H,11,13-15H2,1H3,(H,23,27). The number of hydrogen-bond donors (Lipinski definition) is 1. The minimum atomic E-state index is -0.291. The molecule has 5 heteroatoms. The summed E-state index contributed by atoms with van der Waals surface area (Å²) in [7, 11) is 0. The first kappa shape index (κ1) is 17.3. The number of carbonyl (C=O) groups is 2. The lowest BCUT2D eigenvalue weighted by atomic mass is 10.1. The predicted molar refractivity (Wildman–Crippen MR) is 107 cm³/mol. The van der Waals surface area contributed by atoms with Crippen LogP contribution >= 0.6 is 0 Å². The summed E-state index contributed by atoms with van der Waals surface area (Å²) in [5.41, 5.74) is 3.17. The Labute approximate surface area is 158 Å². The summed E-state index contributed by atoms with van der Waals surface area (Å²) in [6.07, 6.45) is 2.31. The van der Waals surface area contributed by atoms with E-state index in [1.54, 1.807) is 4.90 Å². The van der Waals surface area contributed by atoms with Crippen molar-refractivity contribution in [1.82, 2.24) is 9.88 Å². The number of hydrogen-bond acceptors (Lipinski definition) is 2. The Morgan fingerprint density at radius 1 is 1.11 bits per heavy atom. The van der Waals surface area contributed by atoms with Crippen LogP contribution in [-0.2, 0) is 16.1 Å².